The van der Waals surface area contributed by atoms with Gasteiger partial charge in [-0.1, -0.05) is 113 Å². The molecule has 4 aromatic rings. The van der Waals surface area contributed by atoms with Crippen molar-refractivity contribution >= 4 is 33.3 Å². The number of benzene rings is 3. The predicted molar refractivity (Wildman–Crippen MR) is 176 cm³/mol. The molecular formula is C34H39F2N5S2. The summed E-state index contributed by atoms with van der Waals surface area (Å²) in [6.07, 6.45) is 1.18. The summed E-state index contributed by atoms with van der Waals surface area (Å²) >= 11 is 2.82. The number of rotatable bonds is 7. The molecule has 2 heterocycles. The zero-order valence-electron chi connectivity index (χ0n) is 25.8. The number of hydrogen-bond donors (Lipinski definition) is 1. The van der Waals surface area contributed by atoms with Gasteiger partial charge in [-0.05, 0) is 71.0 Å². The van der Waals surface area contributed by atoms with Crippen molar-refractivity contribution in [3.8, 4) is 0 Å². The fraction of sp³-hybridized carbons (Fsp3) is 0.382. The summed E-state index contributed by atoms with van der Waals surface area (Å²) in [5.41, 5.74) is 11.4. The molecule has 0 fully saturated rings. The summed E-state index contributed by atoms with van der Waals surface area (Å²) in [6, 6.07) is 20.2. The Morgan fingerprint density at radius 1 is 0.860 bits per heavy atom. The Hall–Kier alpha value is -3.14. The van der Waals surface area contributed by atoms with Gasteiger partial charge in [-0.3, -0.25) is 0 Å². The van der Waals surface area contributed by atoms with Crippen LogP contribution in [0.3, 0.4) is 0 Å². The highest BCUT2D eigenvalue weighted by molar-refractivity contribution is 8.15. The van der Waals surface area contributed by atoms with E-state index in [1.807, 2.05) is 11.9 Å². The average molecular weight is 620 g/mol. The molecule has 43 heavy (non-hydrogen) atoms. The minimum atomic E-state index is -0.820. The van der Waals surface area contributed by atoms with Crippen molar-refractivity contribution in [1.29, 1.82) is 0 Å². The fourth-order valence-corrected chi connectivity index (χ4v) is 7.36. The lowest BCUT2D eigenvalue weighted by molar-refractivity contribution is 0.484. The highest BCUT2D eigenvalue weighted by atomic mass is 32.2. The van der Waals surface area contributed by atoms with E-state index in [1.54, 1.807) is 0 Å². The molecule has 2 N–H and O–H groups in total. The number of anilines is 1. The summed E-state index contributed by atoms with van der Waals surface area (Å²) in [6.45, 7) is 15.0. The second kappa shape index (κ2) is 11.7. The molecule has 0 radical (unpaired) electrons. The van der Waals surface area contributed by atoms with E-state index in [-0.39, 0.29) is 22.4 Å². The highest BCUT2D eigenvalue weighted by Gasteiger charge is 2.48. The van der Waals surface area contributed by atoms with Gasteiger partial charge in [0.25, 0.3) is 0 Å². The number of hydrazone groups is 1. The molecule has 0 saturated heterocycles. The molecule has 5 nitrogen and oxygen atoms in total. The van der Waals surface area contributed by atoms with Gasteiger partial charge in [0.15, 0.2) is 0 Å². The van der Waals surface area contributed by atoms with Gasteiger partial charge < -0.3 is 5.73 Å². The quantitative estimate of drug-likeness (QED) is 0.224. The second-order valence-electron chi connectivity index (χ2n) is 13.2. The van der Waals surface area contributed by atoms with Crippen LogP contribution in [0.25, 0.3) is 0 Å². The van der Waals surface area contributed by atoms with E-state index >= 15 is 4.39 Å². The first-order valence-electron chi connectivity index (χ1n) is 14.5. The molecule has 2 atom stereocenters. The lowest BCUT2D eigenvalue weighted by Crippen LogP contribution is -2.38. The minimum Gasteiger partial charge on any atom is -0.324 e. The highest BCUT2D eigenvalue weighted by Crippen LogP contribution is 2.53. The number of nitrogens with zero attached hydrogens (tertiary/aromatic N) is 4. The molecule has 0 aliphatic carbocycles. The van der Waals surface area contributed by atoms with E-state index < -0.39 is 16.5 Å². The van der Waals surface area contributed by atoms with Crippen LogP contribution in [0.2, 0.25) is 0 Å². The summed E-state index contributed by atoms with van der Waals surface area (Å²) in [4.78, 5) is -0.820. The predicted octanol–water partition coefficient (Wildman–Crippen LogP) is 8.97. The summed E-state index contributed by atoms with van der Waals surface area (Å²) in [7, 11) is 0. The molecule has 1 aliphatic rings. The van der Waals surface area contributed by atoms with E-state index in [0.29, 0.717) is 23.0 Å². The number of halogens is 2. The number of aryl methyl sites for hydroxylation is 1. The molecule has 0 amide bonds. The van der Waals surface area contributed by atoms with Gasteiger partial charge >= 0.3 is 0 Å². The molecule has 9 heteroatoms. The lowest BCUT2D eigenvalue weighted by atomic mass is 9.85. The normalized spacial score (nSPS) is 18.2. The molecule has 5 rings (SSSR count). The van der Waals surface area contributed by atoms with E-state index in [2.05, 4.69) is 100 Å². The maximum Gasteiger partial charge on any atom is 0.230 e. The maximum absolute atomic E-state index is 15.1. The number of nitrogens with two attached hydrogens (primary N) is 1. The zero-order valence-corrected chi connectivity index (χ0v) is 27.4. The third-order valence-corrected chi connectivity index (χ3v) is 10.1. The van der Waals surface area contributed by atoms with Crippen LogP contribution < -0.4 is 10.7 Å². The first-order chi connectivity index (χ1) is 20.2. The maximum atomic E-state index is 15.1. The Labute approximate surface area is 261 Å². The van der Waals surface area contributed by atoms with Crippen LogP contribution in [0.4, 0.5) is 13.9 Å². The molecule has 0 spiro atoms. The van der Waals surface area contributed by atoms with Crippen molar-refractivity contribution in [2.75, 3.05) is 5.01 Å². The van der Waals surface area contributed by atoms with Crippen molar-refractivity contribution in [1.82, 2.24) is 10.2 Å². The van der Waals surface area contributed by atoms with Crippen LogP contribution >= 0.6 is 23.1 Å². The van der Waals surface area contributed by atoms with Crippen LogP contribution in [-0.2, 0) is 15.7 Å². The van der Waals surface area contributed by atoms with Crippen molar-refractivity contribution < 1.29 is 8.78 Å². The average Bonchev–Trinajstić information content (AvgIpc) is 3.56. The molecular weight excluding hydrogens is 581 g/mol. The Balaban J connectivity index is 1.58. The minimum absolute atomic E-state index is 0.0293. The molecule has 0 bridgehead atoms. The van der Waals surface area contributed by atoms with Crippen molar-refractivity contribution in [2.45, 2.75) is 83.1 Å². The topological polar surface area (TPSA) is 67.4 Å². The van der Waals surface area contributed by atoms with Crippen molar-refractivity contribution in [3.05, 3.63) is 111 Å². The van der Waals surface area contributed by atoms with Gasteiger partial charge in [0, 0.05) is 11.6 Å². The SMILES string of the molecule is Cc1nnc(N2N=C(c3cc(F)ccc3F)SC2(CCC(N)c2ccc(C(C)(C)C)cc2)c2ccc(C(C)(C)C)cc2)s1. The van der Waals surface area contributed by atoms with Gasteiger partial charge in [0.05, 0.1) is 0 Å². The van der Waals surface area contributed by atoms with Gasteiger partial charge in [0.1, 0.15) is 26.6 Å². The molecule has 226 valence electrons. The van der Waals surface area contributed by atoms with E-state index in [1.165, 1.54) is 40.3 Å². The zero-order chi connectivity index (χ0) is 31.2. The molecule has 1 aliphatic heterocycles. The van der Waals surface area contributed by atoms with Crippen LogP contribution in [-0.4, -0.2) is 15.2 Å². The first-order valence-corrected chi connectivity index (χ1v) is 16.1. The van der Waals surface area contributed by atoms with Gasteiger partial charge in [-0.25, -0.2) is 13.8 Å². The fourth-order valence-electron chi connectivity index (χ4n) is 5.20. The largest absolute Gasteiger partial charge is 0.324 e. The monoisotopic (exact) mass is 619 g/mol. The third-order valence-electron chi connectivity index (χ3n) is 7.85. The number of hydrogen-bond acceptors (Lipinski definition) is 7. The number of thioether (sulfide) groups is 1. The van der Waals surface area contributed by atoms with Crippen LogP contribution in [0.15, 0.2) is 71.8 Å². The first kappa shape index (κ1) is 31.3. The standard InChI is InChI=1S/C34H39F2N5S2/c1-21-38-39-31(42-21)41-34(25-14-12-24(13-15-25)33(5,6)7,43-30(40-41)27-20-26(35)16-17-28(27)36)19-18-29(37)22-8-10-23(11-9-22)32(2,3)4/h8-17,20,29H,18-19,37H2,1-7H3. The van der Waals surface area contributed by atoms with E-state index in [4.69, 9.17) is 10.8 Å². The third kappa shape index (κ3) is 6.54. The van der Waals surface area contributed by atoms with Crippen molar-refractivity contribution in [3.63, 3.8) is 0 Å². The molecule has 0 saturated carbocycles. The van der Waals surface area contributed by atoms with Crippen LogP contribution in [0.1, 0.15) is 93.3 Å². The summed E-state index contributed by atoms with van der Waals surface area (Å²) in [5, 5.41) is 17.2. The molecule has 3 aromatic carbocycles. The van der Waals surface area contributed by atoms with E-state index in [0.717, 1.165) is 28.3 Å². The van der Waals surface area contributed by atoms with E-state index in [9.17, 15) is 4.39 Å². The summed E-state index contributed by atoms with van der Waals surface area (Å²) < 4.78 is 29.5. The Morgan fingerprint density at radius 2 is 1.47 bits per heavy atom. The Kier molecular flexibility index (Phi) is 8.55. The van der Waals surface area contributed by atoms with Gasteiger partial charge in [-0.2, -0.15) is 5.10 Å². The van der Waals surface area contributed by atoms with Crippen molar-refractivity contribution in [2.24, 2.45) is 10.8 Å². The molecule has 2 unspecified atom stereocenters. The second-order valence-corrected chi connectivity index (χ2v) is 15.6. The van der Waals surface area contributed by atoms with Crippen LogP contribution in [0.5, 0.6) is 0 Å². The number of aromatic nitrogens is 2. The van der Waals surface area contributed by atoms with Gasteiger partial charge in [0.2, 0.25) is 5.13 Å². The molecule has 1 aromatic heterocycles. The summed E-state index contributed by atoms with van der Waals surface area (Å²) in [5.74, 6) is -1.05. The Bertz CT molecular complexity index is 1620. The lowest BCUT2D eigenvalue weighted by Gasteiger charge is -2.36. The smallest absolute Gasteiger partial charge is 0.230 e. The Morgan fingerprint density at radius 3 is 2.02 bits per heavy atom. The van der Waals surface area contributed by atoms with Gasteiger partial charge in [-0.15, -0.1) is 10.2 Å². The van der Waals surface area contributed by atoms with Crippen LogP contribution in [0, 0.1) is 18.6 Å².